The molecule has 2 amide bonds. The average Bonchev–Trinajstić information content (AvgIpc) is 2.72. The van der Waals surface area contributed by atoms with Gasteiger partial charge in [0.1, 0.15) is 17.1 Å². The highest BCUT2D eigenvalue weighted by Gasteiger charge is 2.39. The van der Waals surface area contributed by atoms with Crippen molar-refractivity contribution in [3.63, 3.8) is 0 Å². The minimum Gasteiger partial charge on any atom is -0.497 e. The molecule has 2 aromatic rings. The predicted molar refractivity (Wildman–Crippen MR) is 116 cm³/mol. The van der Waals surface area contributed by atoms with Crippen LogP contribution in [0.5, 0.6) is 11.5 Å². The zero-order valence-corrected chi connectivity index (χ0v) is 17.7. The lowest BCUT2D eigenvalue weighted by Gasteiger charge is -2.36. The number of thiocarbonyl (C=S) groups is 1. The third kappa shape index (κ3) is 3.97. The number of ether oxygens (including phenoxy) is 2. The molecule has 0 spiro atoms. The monoisotopic (exact) mass is 430 g/mol. The SMILES string of the molecule is CCN1C(=O)/C(=C\c2cc(OC)ccc2OC)C(=O)N(c2ccc(Cl)cc2)C1=S. The van der Waals surface area contributed by atoms with E-state index in [1.807, 2.05) is 0 Å². The molecule has 1 saturated heterocycles. The molecule has 0 aliphatic carbocycles. The van der Waals surface area contributed by atoms with E-state index in [0.29, 0.717) is 34.3 Å². The Balaban J connectivity index is 2.13. The summed E-state index contributed by atoms with van der Waals surface area (Å²) in [6.45, 7) is 2.12. The Morgan fingerprint density at radius 3 is 2.31 bits per heavy atom. The fourth-order valence-corrected chi connectivity index (χ4v) is 3.51. The van der Waals surface area contributed by atoms with Crippen LogP contribution in [0, 0.1) is 0 Å². The van der Waals surface area contributed by atoms with Gasteiger partial charge in [-0.15, -0.1) is 0 Å². The number of halogens is 1. The van der Waals surface area contributed by atoms with Crippen LogP contribution >= 0.6 is 23.8 Å². The molecule has 0 saturated carbocycles. The van der Waals surface area contributed by atoms with E-state index < -0.39 is 11.8 Å². The van der Waals surface area contributed by atoms with Crippen molar-refractivity contribution in [1.29, 1.82) is 0 Å². The van der Waals surface area contributed by atoms with Gasteiger partial charge in [-0.05, 0) is 67.7 Å². The highest BCUT2D eigenvalue weighted by molar-refractivity contribution is 7.80. The summed E-state index contributed by atoms with van der Waals surface area (Å²) in [6, 6.07) is 11.8. The van der Waals surface area contributed by atoms with Gasteiger partial charge in [0.2, 0.25) is 0 Å². The third-order valence-corrected chi connectivity index (χ3v) is 5.12. The molecule has 0 bridgehead atoms. The molecule has 1 fully saturated rings. The van der Waals surface area contributed by atoms with Crippen LogP contribution in [0.15, 0.2) is 48.0 Å². The molecule has 29 heavy (non-hydrogen) atoms. The van der Waals surface area contributed by atoms with Crippen LogP contribution in [0.25, 0.3) is 6.08 Å². The van der Waals surface area contributed by atoms with Crippen molar-refractivity contribution in [3.05, 3.63) is 58.6 Å². The van der Waals surface area contributed by atoms with Crippen LogP contribution in [-0.2, 0) is 9.59 Å². The molecular formula is C21H19ClN2O4S. The molecular weight excluding hydrogens is 412 g/mol. The largest absolute Gasteiger partial charge is 0.497 e. The Morgan fingerprint density at radius 1 is 1.03 bits per heavy atom. The zero-order valence-electron chi connectivity index (χ0n) is 16.1. The average molecular weight is 431 g/mol. The number of benzene rings is 2. The lowest BCUT2D eigenvalue weighted by atomic mass is 10.0. The second-order valence-electron chi connectivity index (χ2n) is 6.11. The molecule has 0 aromatic heterocycles. The number of hydrogen-bond donors (Lipinski definition) is 0. The Kier molecular flexibility index (Phi) is 6.20. The molecule has 1 aliphatic heterocycles. The molecule has 8 heteroatoms. The summed E-state index contributed by atoms with van der Waals surface area (Å²) in [5.74, 6) is 0.105. The highest BCUT2D eigenvalue weighted by atomic mass is 35.5. The van der Waals surface area contributed by atoms with E-state index in [4.69, 9.17) is 33.3 Å². The fraction of sp³-hybridized carbons (Fsp3) is 0.190. The van der Waals surface area contributed by atoms with Gasteiger partial charge in [0.05, 0.1) is 19.9 Å². The van der Waals surface area contributed by atoms with Crippen molar-refractivity contribution in [3.8, 4) is 11.5 Å². The van der Waals surface area contributed by atoms with Gasteiger partial charge >= 0.3 is 0 Å². The van der Waals surface area contributed by atoms with Crippen LogP contribution in [0.2, 0.25) is 5.02 Å². The van der Waals surface area contributed by atoms with Crippen molar-refractivity contribution >= 4 is 52.5 Å². The Labute approximate surface area is 179 Å². The molecule has 3 rings (SSSR count). The number of rotatable bonds is 5. The van der Waals surface area contributed by atoms with Crippen molar-refractivity contribution in [1.82, 2.24) is 4.90 Å². The van der Waals surface area contributed by atoms with E-state index in [-0.39, 0.29) is 10.7 Å². The van der Waals surface area contributed by atoms with Crippen LogP contribution in [0.1, 0.15) is 12.5 Å². The molecule has 6 nitrogen and oxygen atoms in total. The molecule has 2 aromatic carbocycles. The van der Waals surface area contributed by atoms with Crippen LogP contribution in [0.3, 0.4) is 0 Å². The number of amides is 2. The molecule has 0 radical (unpaired) electrons. The van der Waals surface area contributed by atoms with Crippen molar-refractivity contribution < 1.29 is 19.1 Å². The second kappa shape index (κ2) is 8.63. The lowest BCUT2D eigenvalue weighted by Crippen LogP contribution is -2.56. The predicted octanol–water partition coefficient (Wildman–Crippen LogP) is 3.92. The number of carbonyl (C=O) groups is 2. The van der Waals surface area contributed by atoms with Crippen LogP contribution in [0.4, 0.5) is 5.69 Å². The number of hydrogen-bond acceptors (Lipinski definition) is 5. The van der Waals surface area contributed by atoms with E-state index in [1.54, 1.807) is 49.4 Å². The summed E-state index contributed by atoms with van der Waals surface area (Å²) in [5.41, 5.74) is 1.05. The molecule has 0 N–H and O–H groups in total. The summed E-state index contributed by atoms with van der Waals surface area (Å²) < 4.78 is 10.6. The topological polar surface area (TPSA) is 59.1 Å². The van der Waals surface area contributed by atoms with Crippen molar-refractivity contribution in [2.24, 2.45) is 0 Å². The van der Waals surface area contributed by atoms with Gasteiger partial charge in [0.25, 0.3) is 11.8 Å². The Hall–Kier alpha value is -2.90. The van der Waals surface area contributed by atoms with Crippen molar-refractivity contribution in [2.45, 2.75) is 6.92 Å². The molecule has 0 atom stereocenters. The van der Waals surface area contributed by atoms with Crippen LogP contribution < -0.4 is 14.4 Å². The van der Waals surface area contributed by atoms with E-state index in [1.165, 1.54) is 30.1 Å². The van der Waals surface area contributed by atoms with Gasteiger partial charge in [-0.1, -0.05) is 11.6 Å². The van der Waals surface area contributed by atoms with Gasteiger partial charge in [0.15, 0.2) is 5.11 Å². The van der Waals surface area contributed by atoms with E-state index >= 15 is 0 Å². The maximum atomic E-state index is 13.3. The first-order valence-corrected chi connectivity index (χ1v) is 9.59. The first kappa shape index (κ1) is 20.8. The highest BCUT2D eigenvalue weighted by Crippen LogP contribution is 2.30. The van der Waals surface area contributed by atoms with Gasteiger partial charge in [-0.3, -0.25) is 19.4 Å². The Morgan fingerprint density at radius 2 is 1.72 bits per heavy atom. The molecule has 1 aliphatic rings. The molecule has 150 valence electrons. The minimum atomic E-state index is -0.517. The van der Waals surface area contributed by atoms with Crippen molar-refractivity contribution in [2.75, 3.05) is 25.7 Å². The maximum Gasteiger partial charge on any atom is 0.270 e. The van der Waals surface area contributed by atoms with Gasteiger partial charge in [-0.2, -0.15) is 0 Å². The summed E-state index contributed by atoms with van der Waals surface area (Å²) in [7, 11) is 3.05. The molecule has 1 heterocycles. The number of likely N-dealkylation sites (N-methyl/N-ethyl adjacent to an activating group) is 1. The number of nitrogens with zero attached hydrogens (tertiary/aromatic N) is 2. The summed E-state index contributed by atoms with van der Waals surface area (Å²) >= 11 is 11.4. The first-order valence-electron chi connectivity index (χ1n) is 8.80. The summed E-state index contributed by atoms with van der Waals surface area (Å²) in [4.78, 5) is 29.0. The summed E-state index contributed by atoms with van der Waals surface area (Å²) in [6.07, 6.45) is 1.50. The Bertz CT molecular complexity index is 1000. The van der Waals surface area contributed by atoms with E-state index in [0.717, 1.165) is 0 Å². The minimum absolute atomic E-state index is 0.0260. The molecule has 0 unspecified atom stereocenters. The first-order chi connectivity index (χ1) is 13.9. The smallest absolute Gasteiger partial charge is 0.270 e. The second-order valence-corrected chi connectivity index (χ2v) is 6.92. The zero-order chi connectivity index (χ0) is 21.1. The third-order valence-electron chi connectivity index (χ3n) is 4.47. The standard InChI is InChI=1S/C21H19ClN2O4S/c1-4-23-19(25)17(12-13-11-16(27-2)9-10-18(13)28-3)20(26)24(21(23)29)15-7-5-14(22)6-8-15/h5-12H,4H2,1-3H3/b17-12+. The van der Waals surface area contributed by atoms with Gasteiger partial charge < -0.3 is 9.47 Å². The quantitative estimate of drug-likeness (QED) is 0.409. The normalized spacial score (nSPS) is 15.9. The maximum absolute atomic E-state index is 13.3. The van der Waals surface area contributed by atoms with Crippen LogP contribution in [-0.4, -0.2) is 42.6 Å². The number of carbonyl (C=O) groups excluding carboxylic acids is 2. The number of methoxy groups -OCH3 is 2. The fourth-order valence-electron chi connectivity index (χ4n) is 2.98. The summed E-state index contributed by atoms with van der Waals surface area (Å²) in [5, 5.41) is 0.656. The van der Waals surface area contributed by atoms with Gasteiger partial charge in [-0.25, -0.2) is 0 Å². The van der Waals surface area contributed by atoms with Gasteiger partial charge in [0, 0.05) is 17.1 Å². The lowest BCUT2D eigenvalue weighted by molar-refractivity contribution is -0.127. The van der Waals surface area contributed by atoms with E-state index in [2.05, 4.69) is 0 Å². The van der Waals surface area contributed by atoms with E-state index in [9.17, 15) is 9.59 Å². The number of anilines is 1.